The van der Waals surface area contributed by atoms with E-state index in [-0.39, 0.29) is 22.3 Å². The third-order valence-corrected chi connectivity index (χ3v) is 4.76. The fourth-order valence-corrected chi connectivity index (χ4v) is 3.40. The van der Waals surface area contributed by atoms with Crippen LogP contribution >= 0.6 is 11.6 Å². The molecule has 1 heterocycles. The smallest absolute Gasteiger partial charge is 0.277 e. The SMILES string of the molecule is CC(C)C(N=[N+]=[N-])c1c(Cl)nc(-c2ccccc2)c(=O)n1Cc1ccccc1. The van der Waals surface area contributed by atoms with E-state index in [4.69, 9.17) is 17.1 Å². The lowest BCUT2D eigenvalue weighted by molar-refractivity contribution is 0.473. The summed E-state index contributed by atoms with van der Waals surface area (Å²) in [7, 11) is 0. The van der Waals surface area contributed by atoms with E-state index in [1.807, 2.05) is 74.5 Å². The second-order valence-electron chi connectivity index (χ2n) is 6.77. The molecule has 1 unspecified atom stereocenters. The number of halogens is 1. The topological polar surface area (TPSA) is 83.7 Å². The molecule has 0 bridgehead atoms. The van der Waals surface area contributed by atoms with Crippen molar-refractivity contribution in [3.8, 4) is 11.3 Å². The minimum absolute atomic E-state index is 0.0563. The van der Waals surface area contributed by atoms with Gasteiger partial charge in [0.2, 0.25) is 0 Å². The summed E-state index contributed by atoms with van der Waals surface area (Å²) in [5, 5.41) is 4.06. The van der Waals surface area contributed by atoms with Crippen molar-refractivity contribution in [3.63, 3.8) is 0 Å². The van der Waals surface area contributed by atoms with Crippen molar-refractivity contribution in [2.45, 2.75) is 26.4 Å². The average Bonchev–Trinajstić information content (AvgIpc) is 2.71. The maximum atomic E-state index is 13.4. The number of hydrogen-bond acceptors (Lipinski definition) is 3. The van der Waals surface area contributed by atoms with Crippen LogP contribution in [0.2, 0.25) is 5.15 Å². The Morgan fingerprint density at radius 1 is 1.11 bits per heavy atom. The van der Waals surface area contributed by atoms with Crippen molar-refractivity contribution >= 4 is 11.6 Å². The van der Waals surface area contributed by atoms with Crippen molar-refractivity contribution < 1.29 is 0 Å². The third-order valence-electron chi connectivity index (χ3n) is 4.48. The van der Waals surface area contributed by atoms with Crippen LogP contribution in [0.3, 0.4) is 0 Å². The van der Waals surface area contributed by atoms with Crippen LogP contribution in [-0.4, -0.2) is 9.55 Å². The van der Waals surface area contributed by atoms with Crippen molar-refractivity contribution in [2.24, 2.45) is 11.0 Å². The molecular weight excluding hydrogens is 374 g/mol. The van der Waals surface area contributed by atoms with E-state index in [1.165, 1.54) is 0 Å². The fourth-order valence-electron chi connectivity index (χ4n) is 3.10. The van der Waals surface area contributed by atoms with Gasteiger partial charge in [-0.3, -0.25) is 4.79 Å². The molecule has 0 spiro atoms. The first-order valence-corrected chi connectivity index (χ1v) is 9.34. The molecule has 0 radical (unpaired) electrons. The number of nitrogens with zero attached hydrogens (tertiary/aromatic N) is 5. The van der Waals surface area contributed by atoms with E-state index in [2.05, 4.69) is 15.0 Å². The zero-order valence-corrected chi connectivity index (χ0v) is 16.4. The molecule has 0 N–H and O–H groups in total. The summed E-state index contributed by atoms with van der Waals surface area (Å²) in [4.78, 5) is 20.7. The van der Waals surface area contributed by atoms with Crippen LogP contribution in [0, 0.1) is 5.92 Å². The molecule has 0 amide bonds. The highest BCUT2D eigenvalue weighted by molar-refractivity contribution is 6.30. The van der Waals surface area contributed by atoms with Crippen LogP contribution in [0.4, 0.5) is 0 Å². The second-order valence-corrected chi connectivity index (χ2v) is 7.13. The molecule has 28 heavy (non-hydrogen) atoms. The van der Waals surface area contributed by atoms with E-state index >= 15 is 0 Å². The van der Waals surface area contributed by atoms with Gasteiger partial charge in [-0.1, -0.05) is 91.2 Å². The molecule has 0 aliphatic rings. The molecule has 0 fully saturated rings. The quantitative estimate of drug-likeness (QED) is 0.309. The van der Waals surface area contributed by atoms with Gasteiger partial charge < -0.3 is 4.57 Å². The van der Waals surface area contributed by atoms with Crippen LogP contribution < -0.4 is 5.56 Å². The van der Waals surface area contributed by atoms with E-state index in [1.54, 1.807) is 4.57 Å². The molecule has 3 aromatic rings. The molecule has 2 aromatic carbocycles. The fraction of sp³-hybridized carbons (Fsp3) is 0.238. The van der Waals surface area contributed by atoms with Gasteiger partial charge in [-0.2, -0.15) is 0 Å². The van der Waals surface area contributed by atoms with Gasteiger partial charge in [-0.25, -0.2) is 4.98 Å². The van der Waals surface area contributed by atoms with Gasteiger partial charge in [0.1, 0.15) is 10.8 Å². The van der Waals surface area contributed by atoms with Gasteiger partial charge >= 0.3 is 0 Å². The summed E-state index contributed by atoms with van der Waals surface area (Å²) in [5.74, 6) is -0.0563. The molecule has 7 heteroatoms. The summed E-state index contributed by atoms with van der Waals surface area (Å²) in [5.41, 5.74) is 11.1. The van der Waals surface area contributed by atoms with E-state index in [0.717, 1.165) is 5.56 Å². The first kappa shape index (κ1) is 19.7. The Morgan fingerprint density at radius 2 is 1.71 bits per heavy atom. The normalized spacial score (nSPS) is 11.9. The summed E-state index contributed by atoms with van der Waals surface area (Å²) in [6.07, 6.45) is 0. The molecule has 6 nitrogen and oxygen atoms in total. The Labute approximate surface area is 168 Å². The van der Waals surface area contributed by atoms with Gasteiger partial charge in [0.15, 0.2) is 0 Å². The van der Waals surface area contributed by atoms with Crippen LogP contribution in [-0.2, 0) is 6.54 Å². The average molecular weight is 394 g/mol. The Morgan fingerprint density at radius 3 is 2.29 bits per heavy atom. The summed E-state index contributed by atoms with van der Waals surface area (Å²) in [6.45, 7) is 4.14. The van der Waals surface area contributed by atoms with E-state index in [9.17, 15) is 4.79 Å². The number of azide groups is 1. The maximum Gasteiger partial charge on any atom is 0.277 e. The highest BCUT2D eigenvalue weighted by Crippen LogP contribution is 2.31. The molecule has 0 aliphatic heterocycles. The number of rotatable bonds is 6. The van der Waals surface area contributed by atoms with E-state index in [0.29, 0.717) is 17.8 Å². The van der Waals surface area contributed by atoms with Gasteiger partial charge in [0.25, 0.3) is 5.56 Å². The van der Waals surface area contributed by atoms with Gasteiger partial charge in [-0.15, -0.1) is 0 Å². The second kappa shape index (κ2) is 8.74. The molecule has 0 saturated heterocycles. The minimum Gasteiger partial charge on any atom is -0.303 e. The van der Waals surface area contributed by atoms with E-state index < -0.39 is 6.04 Å². The van der Waals surface area contributed by atoms with Crippen LogP contribution in [0.5, 0.6) is 0 Å². The van der Waals surface area contributed by atoms with Crippen molar-refractivity contribution in [1.29, 1.82) is 0 Å². The molecule has 1 atom stereocenters. The summed E-state index contributed by atoms with van der Waals surface area (Å²) >= 11 is 6.54. The van der Waals surface area contributed by atoms with Crippen molar-refractivity contribution in [2.75, 3.05) is 0 Å². The largest absolute Gasteiger partial charge is 0.303 e. The number of aromatic nitrogens is 2. The van der Waals surface area contributed by atoms with Gasteiger partial charge in [0.05, 0.1) is 18.3 Å². The first-order valence-electron chi connectivity index (χ1n) is 8.96. The zero-order valence-electron chi connectivity index (χ0n) is 15.7. The molecule has 0 saturated carbocycles. The zero-order chi connectivity index (χ0) is 20.1. The lowest BCUT2D eigenvalue weighted by Gasteiger charge is -2.22. The highest BCUT2D eigenvalue weighted by atomic mass is 35.5. The molecule has 142 valence electrons. The van der Waals surface area contributed by atoms with Gasteiger partial charge in [-0.05, 0) is 17.0 Å². The summed E-state index contributed by atoms with van der Waals surface area (Å²) < 4.78 is 1.58. The lowest BCUT2D eigenvalue weighted by Crippen LogP contribution is -2.29. The Kier molecular flexibility index (Phi) is 6.14. The Hall–Kier alpha value is -3.08. The molecule has 0 aliphatic carbocycles. The number of benzene rings is 2. The highest BCUT2D eigenvalue weighted by Gasteiger charge is 2.25. The van der Waals surface area contributed by atoms with Crippen LogP contribution in [0.25, 0.3) is 21.7 Å². The Bertz CT molecular complexity index is 1060. The van der Waals surface area contributed by atoms with Crippen LogP contribution in [0.1, 0.15) is 31.1 Å². The maximum absolute atomic E-state index is 13.4. The van der Waals surface area contributed by atoms with Crippen molar-refractivity contribution in [1.82, 2.24) is 9.55 Å². The monoisotopic (exact) mass is 393 g/mol. The summed E-state index contributed by atoms with van der Waals surface area (Å²) in [6, 6.07) is 18.2. The Balaban J connectivity index is 2.28. The molecule has 3 rings (SSSR count). The van der Waals surface area contributed by atoms with Crippen LogP contribution in [0.15, 0.2) is 70.6 Å². The third kappa shape index (κ3) is 4.09. The van der Waals surface area contributed by atoms with Crippen molar-refractivity contribution in [3.05, 3.63) is 97.9 Å². The predicted molar refractivity (Wildman–Crippen MR) is 111 cm³/mol. The predicted octanol–water partition coefficient (Wildman–Crippen LogP) is 5.62. The molecule has 1 aromatic heterocycles. The standard InChI is InChI=1S/C21H20ClN5O/c1-14(2)17(25-26-23)19-20(22)24-18(16-11-7-4-8-12-16)21(28)27(19)13-15-9-5-3-6-10-15/h3-12,14,17H,13H2,1-2H3. The number of hydrogen-bond donors (Lipinski definition) is 0. The molecular formula is C21H20ClN5O. The first-order chi connectivity index (χ1) is 13.5. The lowest BCUT2D eigenvalue weighted by atomic mass is 10.0. The van der Waals surface area contributed by atoms with Gasteiger partial charge in [0, 0.05) is 10.5 Å². The minimum atomic E-state index is -0.605.